The van der Waals surface area contributed by atoms with E-state index in [1.54, 1.807) is 0 Å². The highest BCUT2D eigenvalue weighted by Crippen LogP contribution is 2.23. The number of carbonyl (C=O) groups excluding carboxylic acids is 1. The van der Waals surface area contributed by atoms with E-state index in [0.717, 1.165) is 44.5 Å². The van der Waals surface area contributed by atoms with Gasteiger partial charge in [-0.05, 0) is 79.3 Å². The van der Waals surface area contributed by atoms with Crippen LogP contribution in [-0.4, -0.2) is 51.5 Å². The molecular weight excluding hydrogens is 352 g/mol. The molecule has 0 bridgehead atoms. The van der Waals surface area contributed by atoms with E-state index in [2.05, 4.69) is 31.2 Å². The first kappa shape index (κ1) is 22.7. The zero-order chi connectivity index (χ0) is 20.9. The number of amides is 1. The number of ether oxygens (including phenoxy) is 1. The topological polar surface area (TPSA) is 59.4 Å². The van der Waals surface area contributed by atoms with Crippen LogP contribution in [-0.2, 0) is 18.2 Å². The van der Waals surface area contributed by atoms with Crippen molar-refractivity contribution < 1.29 is 9.53 Å². The molecule has 1 aliphatic rings. The van der Waals surface area contributed by atoms with E-state index >= 15 is 0 Å². The SMILES string of the molecule is Cc1nn(C)c(C)c1CCN[C@@H](C)C[C@H]1CCCCCN1C(=O)OC(C)(C)C. The molecular formula is C22H40N4O2. The van der Waals surface area contributed by atoms with Crippen molar-refractivity contribution in [1.82, 2.24) is 20.0 Å². The number of nitrogens with one attached hydrogen (secondary N) is 1. The zero-order valence-electron chi connectivity index (χ0n) is 19.0. The number of rotatable bonds is 6. The molecule has 1 N–H and O–H groups in total. The van der Waals surface area contributed by atoms with Crippen LogP contribution in [0.4, 0.5) is 4.79 Å². The van der Waals surface area contributed by atoms with Crippen LogP contribution < -0.4 is 5.32 Å². The Balaban J connectivity index is 1.90. The normalized spacial score (nSPS) is 19.4. The van der Waals surface area contributed by atoms with Gasteiger partial charge in [0, 0.05) is 31.4 Å². The van der Waals surface area contributed by atoms with Crippen LogP contribution in [0.2, 0.25) is 0 Å². The maximum atomic E-state index is 12.7. The summed E-state index contributed by atoms with van der Waals surface area (Å²) in [5.41, 5.74) is 3.25. The Morgan fingerprint density at radius 2 is 2.00 bits per heavy atom. The highest BCUT2D eigenvalue weighted by atomic mass is 16.6. The second-order valence-electron chi connectivity index (χ2n) is 9.29. The zero-order valence-corrected chi connectivity index (χ0v) is 19.0. The van der Waals surface area contributed by atoms with Crippen LogP contribution in [0.3, 0.4) is 0 Å². The predicted molar refractivity (Wildman–Crippen MR) is 114 cm³/mol. The van der Waals surface area contributed by atoms with Crippen LogP contribution in [0.25, 0.3) is 0 Å². The minimum atomic E-state index is -0.447. The van der Waals surface area contributed by atoms with Gasteiger partial charge < -0.3 is 15.0 Å². The van der Waals surface area contributed by atoms with E-state index in [0.29, 0.717) is 6.04 Å². The summed E-state index contributed by atoms with van der Waals surface area (Å²) in [5.74, 6) is 0. The van der Waals surface area contributed by atoms with Gasteiger partial charge in [-0.25, -0.2) is 4.79 Å². The Morgan fingerprint density at radius 3 is 2.61 bits per heavy atom. The highest BCUT2D eigenvalue weighted by molar-refractivity contribution is 5.68. The smallest absolute Gasteiger partial charge is 0.410 e. The summed E-state index contributed by atoms with van der Waals surface area (Å²) in [7, 11) is 2.00. The lowest BCUT2D eigenvalue weighted by Gasteiger charge is -2.33. The van der Waals surface area contributed by atoms with Gasteiger partial charge in [0.2, 0.25) is 0 Å². The second kappa shape index (κ2) is 9.77. The van der Waals surface area contributed by atoms with Crippen molar-refractivity contribution in [1.29, 1.82) is 0 Å². The van der Waals surface area contributed by atoms with Gasteiger partial charge in [0.05, 0.1) is 5.69 Å². The third-order valence-corrected chi connectivity index (χ3v) is 5.66. The molecule has 6 heteroatoms. The molecule has 0 radical (unpaired) electrons. The van der Waals surface area contributed by atoms with Gasteiger partial charge in [-0.15, -0.1) is 0 Å². The van der Waals surface area contributed by atoms with Crippen molar-refractivity contribution in [2.75, 3.05) is 13.1 Å². The standard InChI is InChI=1S/C22H40N4O2/c1-16(23-13-12-20-17(2)24-25(7)18(20)3)15-19-11-9-8-10-14-26(19)21(27)28-22(4,5)6/h16,19,23H,8-15H2,1-7H3/t16-,19+/m0/s1. The van der Waals surface area contributed by atoms with Crippen molar-refractivity contribution in [3.63, 3.8) is 0 Å². The maximum absolute atomic E-state index is 12.7. The van der Waals surface area contributed by atoms with E-state index in [1.165, 1.54) is 24.1 Å². The molecule has 2 rings (SSSR count). The molecule has 0 unspecified atom stereocenters. The monoisotopic (exact) mass is 392 g/mol. The summed E-state index contributed by atoms with van der Waals surface area (Å²) in [4.78, 5) is 14.7. The summed E-state index contributed by atoms with van der Waals surface area (Å²) < 4.78 is 7.63. The number of aromatic nitrogens is 2. The molecule has 1 saturated heterocycles. The number of hydrogen-bond donors (Lipinski definition) is 1. The highest BCUT2D eigenvalue weighted by Gasteiger charge is 2.30. The summed E-state index contributed by atoms with van der Waals surface area (Å²) in [6.07, 6.45) is 6.29. The number of aryl methyl sites for hydroxylation is 2. The maximum Gasteiger partial charge on any atom is 0.410 e. The number of likely N-dealkylation sites (tertiary alicyclic amines) is 1. The van der Waals surface area contributed by atoms with Crippen LogP contribution in [0.15, 0.2) is 0 Å². The third-order valence-electron chi connectivity index (χ3n) is 5.66. The number of hydrogen-bond acceptors (Lipinski definition) is 4. The molecule has 0 aromatic carbocycles. The fourth-order valence-corrected chi connectivity index (χ4v) is 4.10. The average Bonchev–Trinajstić information content (AvgIpc) is 2.76. The average molecular weight is 393 g/mol. The largest absolute Gasteiger partial charge is 0.444 e. The lowest BCUT2D eigenvalue weighted by Crippen LogP contribution is -2.45. The fourth-order valence-electron chi connectivity index (χ4n) is 4.10. The first-order valence-corrected chi connectivity index (χ1v) is 10.8. The van der Waals surface area contributed by atoms with Crippen LogP contribution in [0, 0.1) is 13.8 Å². The first-order valence-electron chi connectivity index (χ1n) is 10.8. The summed E-state index contributed by atoms with van der Waals surface area (Å²) in [6.45, 7) is 14.0. The molecule has 2 atom stereocenters. The van der Waals surface area contributed by atoms with E-state index < -0.39 is 5.60 Å². The molecule has 28 heavy (non-hydrogen) atoms. The lowest BCUT2D eigenvalue weighted by atomic mass is 10.0. The molecule has 1 aromatic heterocycles. The Kier molecular flexibility index (Phi) is 7.93. The van der Waals surface area contributed by atoms with Gasteiger partial charge in [0.25, 0.3) is 0 Å². The van der Waals surface area contributed by atoms with Gasteiger partial charge in [-0.2, -0.15) is 5.10 Å². The molecule has 0 saturated carbocycles. The van der Waals surface area contributed by atoms with E-state index in [-0.39, 0.29) is 12.1 Å². The van der Waals surface area contributed by atoms with E-state index in [4.69, 9.17) is 4.74 Å². The number of carbonyl (C=O) groups is 1. The molecule has 0 aliphatic carbocycles. The molecule has 6 nitrogen and oxygen atoms in total. The summed E-state index contributed by atoms with van der Waals surface area (Å²) >= 11 is 0. The Labute approximate surface area is 171 Å². The first-order chi connectivity index (χ1) is 13.1. The quantitative estimate of drug-likeness (QED) is 0.791. The second-order valence-corrected chi connectivity index (χ2v) is 9.29. The fraction of sp³-hybridized carbons (Fsp3) is 0.818. The summed E-state index contributed by atoms with van der Waals surface area (Å²) in [6, 6.07) is 0.604. The van der Waals surface area contributed by atoms with Crippen molar-refractivity contribution in [2.45, 2.75) is 97.8 Å². The van der Waals surface area contributed by atoms with Crippen LogP contribution >= 0.6 is 0 Å². The lowest BCUT2D eigenvalue weighted by molar-refractivity contribution is 0.0150. The van der Waals surface area contributed by atoms with Gasteiger partial charge in [0.1, 0.15) is 5.60 Å². The molecule has 1 aromatic rings. The van der Waals surface area contributed by atoms with Crippen LogP contribution in [0.5, 0.6) is 0 Å². The molecule has 160 valence electrons. The minimum Gasteiger partial charge on any atom is -0.444 e. The molecule has 1 fully saturated rings. The van der Waals surface area contributed by atoms with E-state index in [9.17, 15) is 4.79 Å². The molecule has 1 amide bonds. The Morgan fingerprint density at radius 1 is 1.29 bits per heavy atom. The third kappa shape index (κ3) is 6.50. The van der Waals surface area contributed by atoms with Gasteiger partial charge in [-0.1, -0.05) is 12.8 Å². The molecule has 2 heterocycles. The van der Waals surface area contributed by atoms with Crippen LogP contribution in [0.1, 0.15) is 76.8 Å². The van der Waals surface area contributed by atoms with Crippen molar-refractivity contribution in [3.8, 4) is 0 Å². The Hall–Kier alpha value is -1.56. The molecule has 0 spiro atoms. The van der Waals surface area contributed by atoms with Gasteiger partial charge in [-0.3, -0.25) is 4.68 Å². The van der Waals surface area contributed by atoms with Gasteiger partial charge >= 0.3 is 6.09 Å². The van der Waals surface area contributed by atoms with E-state index in [1.807, 2.05) is 37.4 Å². The minimum absolute atomic E-state index is 0.159. The van der Waals surface area contributed by atoms with Crippen molar-refractivity contribution in [2.24, 2.45) is 7.05 Å². The summed E-state index contributed by atoms with van der Waals surface area (Å²) in [5, 5.41) is 8.16. The van der Waals surface area contributed by atoms with Crippen molar-refractivity contribution >= 4 is 6.09 Å². The van der Waals surface area contributed by atoms with Crippen molar-refractivity contribution in [3.05, 3.63) is 17.0 Å². The Bertz CT molecular complexity index is 648. The predicted octanol–water partition coefficient (Wildman–Crippen LogP) is 4.13. The molecule has 1 aliphatic heterocycles. The number of nitrogens with zero attached hydrogens (tertiary/aromatic N) is 3. The van der Waals surface area contributed by atoms with Gasteiger partial charge in [0.15, 0.2) is 0 Å².